The third-order valence-electron chi connectivity index (χ3n) is 0.952. The molecule has 3 nitrogen and oxygen atoms in total. The zero-order valence-electron chi connectivity index (χ0n) is 4.24. The minimum atomic E-state index is 0.965. The molecule has 0 radical (unpaired) electrons. The third kappa shape index (κ3) is 1.87. The summed E-state index contributed by atoms with van der Waals surface area (Å²) in [7, 11) is 0. The summed E-state index contributed by atoms with van der Waals surface area (Å²) in [5.41, 5.74) is 5.47. The van der Waals surface area contributed by atoms with Crippen LogP contribution in [0.3, 0.4) is 0 Å². The van der Waals surface area contributed by atoms with E-state index in [1.54, 1.807) is 0 Å². The van der Waals surface area contributed by atoms with Crippen molar-refractivity contribution in [2.45, 2.75) is 12.8 Å². The summed E-state index contributed by atoms with van der Waals surface area (Å²) in [5, 5.41) is 0. The fourth-order valence-electron chi connectivity index (χ4n) is 0.547. The summed E-state index contributed by atoms with van der Waals surface area (Å²) in [5.74, 6) is 0. The quantitative estimate of drug-likeness (QED) is 0.444. The first kappa shape index (κ1) is 5.03. The Bertz CT molecular complexity index is 29.3. The maximum atomic E-state index is 4.69. The van der Waals surface area contributed by atoms with Gasteiger partial charge in [0, 0.05) is 13.1 Å². The van der Waals surface area contributed by atoms with Gasteiger partial charge in [0.25, 0.3) is 0 Å². The van der Waals surface area contributed by atoms with E-state index in [2.05, 4.69) is 11.0 Å². The fourth-order valence-corrected chi connectivity index (χ4v) is 0.547. The first-order chi connectivity index (χ1) is 3.50. The number of nitrogens with one attached hydrogen (secondary N) is 2. The smallest absolute Gasteiger partial charge is 0.0229 e. The van der Waals surface area contributed by atoms with Crippen LogP contribution in [0.15, 0.2) is 0 Å². The molecule has 0 aliphatic carbocycles. The molecule has 0 unspecified atom stereocenters. The van der Waals surface area contributed by atoms with Crippen molar-refractivity contribution in [3.63, 3.8) is 0 Å². The maximum Gasteiger partial charge on any atom is 0.0229 e. The summed E-state index contributed by atoms with van der Waals surface area (Å²) in [6.07, 6.45) is 2.40. The fraction of sp³-hybridized carbons (Fsp3) is 1.00. The summed E-state index contributed by atoms with van der Waals surface area (Å²) < 4.78 is 0. The standard InChI is InChI=1S/C4H10N2O/c1-2-4-6-7-5-3-1/h5-6H,1-4H2. The largest absolute Gasteiger partial charge is 0.214 e. The van der Waals surface area contributed by atoms with E-state index in [4.69, 9.17) is 4.94 Å². The van der Waals surface area contributed by atoms with Gasteiger partial charge < -0.3 is 0 Å². The van der Waals surface area contributed by atoms with Gasteiger partial charge in [0.2, 0.25) is 0 Å². The second-order valence-corrected chi connectivity index (χ2v) is 1.60. The molecular formula is C4H10N2O. The highest BCUT2D eigenvalue weighted by molar-refractivity contribution is 4.44. The Morgan fingerprint density at radius 2 is 1.57 bits per heavy atom. The molecule has 1 rings (SSSR count). The lowest BCUT2D eigenvalue weighted by Gasteiger charge is -1.95. The Morgan fingerprint density at radius 1 is 1.00 bits per heavy atom. The molecule has 0 atom stereocenters. The molecule has 1 aliphatic rings. The molecule has 1 heterocycles. The Labute approximate surface area is 42.9 Å². The molecule has 42 valence electrons. The number of hydroxylamine groups is 2. The Kier molecular flexibility index (Phi) is 2.12. The lowest BCUT2D eigenvalue weighted by molar-refractivity contribution is -0.0260. The van der Waals surface area contributed by atoms with Gasteiger partial charge in [0.1, 0.15) is 0 Å². The molecule has 1 fully saturated rings. The zero-order valence-corrected chi connectivity index (χ0v) is 4.24. The van der Waals surface area contributed by atoms with Gasteiger partial charge in [-0.1, -0.05) is 0 Å². The third-order valence-corrected chi connectivity index (χ3v) is 0.952. The molecule has 1 aliphatic heterocycles. The molecule has 0 amide bonds. The van der Waals surface area contributed by atoms with Gasteiger partial charge in [0.05, 0.1) is 0 Å². The summed E-state index contributed by atoms with van der Waals surface area (Å²) >= 11 is 0. The predicted octanol–water partition coefficient (Wildman–Crippen LogP) is -0.194. The van der Waals surface area contributed by atoms with E-state index in [-0.39, 0.29) is 0 Å². The van der Waals surface area contributed by atoms with Crippen LogP contribution in [0.4, 0.5) is 0 Å². The molecule has 2 N–H and O–H groups in total. The van der Waals surface area contributed by atoms with Crippen LogP contribution in [-0.2, 0) is 4.94 Å². The van der Waals surface area contributed by atoms with Crippen LogP contribution in [0.1, 0.15) is 12.8 Å². The molecule has 0 spiro atoms. The van der Waals surface area contributed by atoms with Gasteiger partial charge in [-0.15, -0.1) is 0 Å². The zero-order chi connectivity index (χ0) is 4.95. The Hall–Kier alpha value is -0.120. The van der Waals surface area contributed by atoms with Crippen molar-refractivity contribution in [1.29, 1.82) is 0 Å². The second kappa shape index (κ2) is 2.96. The maximum absolute atomic E-state index is 4.69. The SMILES string of the molecule is C1CCNONC1. The first-order valence-electron chi connectivity index (χ1n) is 2.62. The van der Waals surface area contributed by atoms with E-state index >= 15 is 0 Å². The van der Waals surface area contributed by atoms with Crippen LogP contribution in [0.25, 0.3) is 0 Å². The van der Waals surface area contributed by atoms with Gasteiger partial charge in [-0.25, -0.2) is 4.94 Å². The monoisotopic (exact) mass is 102 g/mol. The molecule has 0 saturated carbocycles. The van der Waals surface area contributed by atoms with E-state index in [1.165, 1.54) is 12.8 Å². The molecule has 0 bridgehead atoms. The Balaban J connectivity index is 2.04. The average molecular weight is 102 g/mol. The summed E-state index contributed by atoms with van der Waals surface area (Å²) in [6.45, 7) is 1.93. The van der Waals surface area contributed by atoms with E-state index in [1.807, 2.05) is 0 Å². The molecule has 3 heteroatoms. The lowest BCUT2D eigenvalue weighted by atomic mass is 10.3. The van der Waals surface area contributed by atoms with Crippen molar-refractivity contribution < 1.29 is 4.94 Å². The van der Waals surface area contributed by atoms with Crippen molar-refractivity contribution in [2.24, 2.45) is 0 Å². The highest BCUT2D eigenvalue weighted by Gasteiger charge is 1.93. The van der Waals surface area contributed by atoms with Crippen molar-refractivity contribution in [1.82, 2.24) is 11.0 Å². The van der Waals surface area contributed by atoms with E-state index in [0.29, 0.717) is 0 Å². The van der Waals surface area contributed by atoms with Crippen molar-refractivity contribution in [3.8, 4) is 0 Å². The van der Waals surface area contributed by atoms with E-state index < -0.39 is 0 Å². The van der Waals surface area contributed by atoms with Gasteiger partial charge in [-0.05, 0) is 12.8 Å². The average Bonchev–Trinajstić information content (AvgIpc) is 1.90. The minimum absolute atomic E-state index is 0.965. The molecule has 1 saturated heterocycles. The van der Waals surface area contributed by atoms with Gasteiger partial charge in [0.15, 0.2) is 0 Å². The first-order valence-corrected chi connectivity index (χ1v) is 2.62. The topological polar surface area (TPSA) is 33.3 Å². The van der Waals surface area contributed by atoms with Crippen molar-refractivity contribution in [3.05, 3.63) is 0 Å². The van der Waals surface area contributed by atoms with Crippen LogP contribution in [0.5, 0.6) is 0 Å². The normalized spacial score (nSPS) is 24.0. The predicted molar refractivity (Wildman–Crippen MR) is 26.3 cm³/mol. The molecule has 0 aromatic rings. The number of hydrogen-bond acceptors (Lipinski definition) is 3. The van der Waals surface area contributed by atoms with Gasteiger partial charge >= 0.3 is 0 Å². The molecule has 0 aromatic heterocycles. The second-order valence-electron chi connectivity index (χ2n) is 1.60. The van der Waals surface area contributed by atoms with Crippen LogP contribution >= 0.6 is 0 Å². The molecule has 0 aromatic carbocycles. The van der Waals surface area contributed by atoms with E-state index in [0.717, 1.165) is 13.1 Å². The van der Waals surface area contributed by atoms with E-state index in [9.17, 15) is 0 Å². The van der Waals surface area contributed by atoms with Gasteiger partial charge in [-0.3, -0.25) is 0 Å². The molecule has 7 heavy (non-hydrogen) atoms. The minimum Gasteiger partial charge on any atom is -0.214 e. The summed E-state index contributed by atoms with van der Waals surface area (Å²) in [6, 6.07) is 0. The molecular weight excluding hydrogens is 92.1 g/mol. The van der Waals surface area contributed by atoms with Crippen LogP contribution in [-0.4, -0.2) is 13.1 Å². The number of rotatable bonds is 0. The summed E-state index contributed by atoms with van der Waals surface area (Å²) in [4.78, 5) is 4.69. The van der Waals surface area contributed by atoms with Crippen LogP contribution < -0.4 is 11.0 Å². The van der Waals surface area contributed by atoms with Crippen molar-refractivity contribution in [2.75, 3.05) is 13.1 Å². The highest BCUT2D eigenvalue weighted by Crippen LogP contribution is 1.86. The van der Waals surface area contributed by atoms with Crippen molar-refractivity contribution >= 4 is 0 Å². The Morgan fingerprint density at radius 3 is 2.14 bits per heavy atom. The highest BCUT2D eigenvalue weighted by atomic mass is 16.8. The van der Waals surface area contributed by atoms with Crippen LogP contribution in [0.2, 0.25) is 0 Å². The van der Waals surface area contributed by atoms with Crippen LogP contribution in [0, 0.1) is 0 Å². The number of hydrogen-bond donors (Lipinski definition) is 2. The van der Waals surface area contributed by atoms with Gasteiger partial charge in [-0.2, -0.15) is 11.0 Å². The lowest BCUT2D eigenvalue weighted by Crippen LogP contribution is -2.22.